The summed E-state index contributed by atoms with van der Waals surface area (Å²) in [6.45, 7) is 0.333. The minimum Gasteiger partial charge on any atom is -0.488 e. The summed E-state index contributed by atoms with van der Waals surface area (Å²) < 4.78 is 5.89. The summed E-state index contributed by atoms with van der Waals surface area (Å²) in [6, 6.07) is 25.4. The predicted octanol–water partition coefficient (Wildman–Crippen LogP) is 5.71. The van der Waals surface area contributed by atoms with E-state index in [2.05, 4.69) is 0 Å². The van der Waals surface area contributed by atoms with Crippen LogP contribution in [-0.2, 0) is 6.61 Å². The number of benzene rings is 3. The highest BCUT2D eigenvalue weighted by atomic mass is 35.5. The van der Waals surface area contributed by atoms with Crippen molar-refractivity contribution in [2.24, 2.45) is 0 Å². The standard InChI is InChI=1S/C23H16ClNO2/c24-21-11-6-7-17(13-21)16-27-22-12-5-4-10-19(22)14-20(15-25)23(26)18-8-2-1-3-9-18/h1-14H,16H2/b20-14+. The van der Waals surface area contributed by atoms with E-state index in [9.17, 15) is 10.1 Å². The van der Waals surface area contributed by atoms with E-state index in [4.69, 9.17) is 16.3 Å². The highest BCUT2D eigenvalue weighted by Gasteiger charge is 2.13. The average molecular weight is 374 g/mol. The molecule has 27 heavy (non-hydrogen) atoms. The number of para-hydroxylation sites is 1. The van der Waals surface area contributed by atoms with Gasteiger partial charge in [-0.05, 0) is 29.8 Å². The lowest BCUT2D eigenvalue weighted by Crippen LogP contribution is -2.02. The van der Waals surface area contributed by atoms with Gasteiger partial charge < -0.3 is 4.74 Å². The van der Waals surface area contributed by atoms with Gasteiger partial charge in [-0.3, -0.25) is 4.79 Å². The zero-order valence-electron chi connectivity index (χ0n) is 14.4. The molecule has 132 valence electrons. The summed E-state index contributed by atoms with van der Waals surface area (Å²) >= 11 is 6.00. The van der Waals surface area contributed by atoms with Crippen molar-refractivity contribution in [2.45, 2.75) is 6.61 Å². The van der Waals surface area contributed by atoms with Crippen LogP contribution in [0.25, 0.3) is 6.08 Å². The Bertz CT molecular complexity index is 1020. The van der Waals surface area contributed by atoms with Crippen molar-refractivity contribution in [2.75, 3.05) is 0 Å². The van der Waals surface area contributed by atoms with Gasteiger partial charge in [-0.15, -0.1) is 0 Å². The molecule has 0 saturated heterocycles. The molecule has 0 aromatic heterocycles. The molecular formula is C23H16ClNO2. The van der Waals surface area contributed by atoms with E-state index >= 15 is 0 Å². The maximum absolute atomic E-state index is 12.6. The Hall–Kier alpha value is -3.35. The summed E-state index contributed by atoms with van der Waals surface area (Å²) in [7, 11) is 0. The van der Waals surface area contributed by atoms with Gasteiger partial charge in [0.05, 0.1) is 0 Å². The van der Waals surface area contributed by atoms with E-state index in [0.29, 0.717) is 28.5 Å². The monoisotopic (exact) mass is 373 g/mol. The van der Waals surface area contributed by atoms with Crippen molar-refractivity contribution < 1.29 is 9.53 Å². The third-order valence-corrected chi connectivity index (χ3v) is 4.14. The molecule has 3 rings (SSSR count). The fourth-order valence-electron chi connectivity index (χ4n) is 2.57. The topological polar surface area (TPSA) is 50.1 Å². The molecule has 0 aliphatic rings. The lowest BCUT2D eigenvalue weighted by Gasteiger charge is -2.10. The molecule has 0 unspecified atom stereocenters. The molecule has 3 aromatic rings. The molecule has 0 spiro atoms. The molecule has 0 aliphatic carbocycles. The number of ketones is 1. The van der Waals surface area contributed by atoms with Crippen molar-refractivity contribution in [3.63, 3.8) is 0 Å². The van der Waals surface area contributed by atoms with E-state index < -0.39 is 0 Å². The minimum absolute atomic E-state index is 0.0556. The van der Waals surface area contributed by atoms with Gasteiger partial charge in [0.1, 0.15) is 24.0 Å². The number of rotatable bonds is 6. The van der Waals surface area contributed by atoms with Crippen molar-refractivity contribution in [1.82, 2.24) is 0 Å². The lowest BCUT2D eigenvalue weighted by atomic mass is 10.0. The molecule has 0 saturated carbocycles. The molecule has 0 bridgehead atoms. The number of nitriles is 1. The molecule has 0 heterocycles. The third kappa shape index (κ3) is 4.84. The van der Waals surface area contributed by atoms with Gasteiger partial charge >= 0.3 is 0 Å². The third-order valence-electron chi connectivity index (χ3n) is 3.90. The van der Waals surface area contributed by atoms with E-state index in [1.165, 1.54) is 0 Å². The van der Waals surface area contributed by atoms with Gasteiger partial charge in [-0.25, -0.2) is 0 Å². The van der Waals surface area contributed by atoms with Crippen LogP contribution in [0.5, 0.6) is 5.75 Å². The largest absolute Gasteiger partial charge is 0.488 e. The first-order valence-electron chi connectivity index (χ1n) is 8.35. The summed E-state index contributed by atoms with van der Waals surface area (Å²) in [5, 5.41) is 10.1. The second-order valence-corrected chi connectivity index (χ2v) is 6.26. The molecule has 3 aromatic carbocycles. The van der Waals surface area contributed by atoms with Crippen molar-refractivity contribution in [1.29, 1.82) is 5.26 Å². The molecule has 0 amide bonds. The summed E-state index contributed by atoms with van der Waals surface area (Å²) in [5.41, 5.74) is 2.13. The lowest BCUT2D eigenvalue weighted by molar-refractivity contribution is 0.104. The molecule has 0 atom stereocenters. The van der Waals surface area contributed by atoms with E-state index in [1.807, 2.05) is 48.5 Å². The first kappa shape index (κ1) is 18.4. The number of ether oxygens (including phenoxy) is 1. The minimum atomic E-state index is -0.317. The van der Waals surface area contributed by atoms with Crippen LogP contribution in [0, 0.1) is 11.3 Å². The molecule has 0 fully saturated rings. The smallest absolute Gasteiger partial charge is 0.203 e. The highest BCUT2D eigenvalue weighted by molar-refractivity contribution is 6.30. The summed E-state index contributed by atoms with van der Waals surface area (Å²) in [4.78, 5) is 12.6. The second kappa shape index (κ2) is 8.84. The van der Waals surface area contributed by atoms with Gasteiger partial charge in [0.25, 0.3) is 0 Å². The van der Waals surface area contributed by atoms with E-state index in [-0.39, 0.29) is 11.4 Å². The molecule has 3 nitrogen and oxygen atoms in total. The number of carbonyl (C=O) groups is 1. The van der Waals surface area contributed by atoms with Crippen LogP contribution in [0.1, 0.15) is 21.5 Å². The Morgan fingerprint density at radius 1 is 1.00 bits per heavy atom. The Labute approximate surface area is 163 Å². The number of halogens is 1. The van der Waals surface area contributed by atoms with Crippen LogP contribution >= 0.6 is 11.6 Å². The van der Waals surface area contributed by atoms with Gasteiger partial charge in [0.15, 0.2) is 0 Å². The molecule has 0 aliphatic heterocycles. The molecule has 0 N–H and O–H groups in total. The second-order valence-electron chi connectivity index (χ2n) is 5.82. The van der Waals surface area contributed by atoms with Gasteiger partial charge in [-0.1, -0.05) is 72.3 Å². The fraction of sp³-hybridized carbons (Fsp3) is 0.0435. The number of hydrogen-bond acceptors (Lipinski definition) is 3. The molecular weight excluding hydrogens is 358 g/mol. The van der Waals surface area contributed by atoms with Crippen LogP contribution in [0.15, 0.2) is 84.4 Å². The zero-order chi connectivity index (χ0) is 19.1. The maximum Gasteiger partial charge on any atom is 0.203 e. The average Bonchev–Trinajstić information content (AvgIpc) is 2.71. The van der Waals surface area contributed by atoms with Crippen LogP contribution in [0.4, 0.5) is 0 Å². The van der Waals surface area contributed by atoms with Crippen LogP contribution in [-0.4, -0.2) is 5.78 Å². The van der Waals surface area contributed by atoms with E-state index in [1.54, 1.807) is 42.5 Å². The van der Waals surface area contributed by atoms with Gasteiger partial charge in [0, 0.05) is 16.1 Å². The number of Topliss-reactive ketones (excluding diaryl/α,β-unsaturated/α-hetero) is 1. The Balaban J connectivity index is 1.85. The quantitative estimate of drug-likeness (QED) is 0.316. The fourth-order valence-corrected chi connectivity index (χ4v) is 2.78. The van der Waals surface area contributed by atoms with Gasteiger partial charge in [-0.2, -0.15) is 5.26 Å². The summed E-state index contributed by atoms with van der Waals surface area (Å²) in [5.74, 6) is 0.272. The highest BCUT2D eigenvalue weighted by Crippen LogP contribution is 2.23. The maximum atomic E-state index is 12.6. The number of allylic oxidation sites excluding steroid dienone is 1. The van der Waals surface area contributed by atoms with Crippen LogP contribution in [0.2, 0.25) is 5.02 Å². The predicted molar refractivity (Wildman–Crippen MR) is 107 cm³/mol. The number of hydrogen-bond donors (Lipinski definition) is 0. The number of carbonyl (C=O) groups excluding carboxylic acids is 1. The Kier molecular flexibility index (Phi) is 6.04. The first-order chi connectivity index (χ1) is 13.2. The first-order valence-corrected chi connectivity index (χ1v) is 8.73. The zero-order valence-corrected chi connectivity index (χ0v) is 15.2. The van der Waals surface area contributed by atoms with Crippen molar-refractivity contribution >= 4 is 23.5 Å². The molecule has 4 heteroatoms. The normalized spacial score (nSPS) is 10.9. The number of nitrogens with zero attached hydrogens (tertiary/aromatic N) is 1. The summed E-state index contributed by atoms with van der Waals surface area (Å²) in [6.07, 6.45) is 1.56. The van der Waals surface area contributed by atoms with Crippen molar-refractivity contribution in [3.05, 3.63) is 106 Å². The van der Waals surface area contributed by atoms with Crippen molar-refractivity contribution in [3.8, 4) is 11.8 Å². The SMILES string of the molecule is N#C/C(=C\c1ccccc1OCc1cccc(Cl)c1)C(=O)c1ccccc1. The Morgan fingerprint density at radius 2 is 1.74 bits per heavy atom. The van der Waals surface area contributed by atoms with Gasteiger partial charge in [0.2, 0.25) is 5.78 Å². The van der Waals surface area contributed by atoms with Crippen LogP contribution in [0.3, 0.4) is 0 Å². The van der Waals surface area contributed by atoms with Crippen LogP contribution < -0.4 is 4.74 Å². The Morgan fingerprint density at radius 3 is 2.48 bits per heavy atom. The molecule has 0 radical (unpaired) electrons. The van der Waals surface area contributed by atoms with E-state index in [0.717, 1.165) is 5.56 Å².